The van der Waals surface area contributed by atoms with Crippen molar-refractivity contribution in [1.82, 2.24) is 0 Å². The van der Waals surface area contributed by atoms with Gasteiger partial charge in [0, 0.05) is 27.8 Å². The van der Waals surface area contributed by atoms with Crippen LogP contribution in [0.5, 0.6) is 0 Å². The van der Waals surface area contributed by atoms with Crippen molar-refractivity contribution in [3.63, 3.8) is 0 Å². The molecule has 76 valence electrons. The van der Waals surface area contributed by atoms with E-state index in [9.17, 15) is 4.79 Å². The van der Waals surface area contributed by atoms with Crippen LogP contribution < -0.4 is 0 Å². The van der Waals surface area contributed by atoms with Gasteiger partial charge in [-0.3, -0.25) is 4.79 Å². The normalized spacial score (nSPS) is 10.1. The van der Waals surface area contributed by atoms with E-state index in [4.69, 9.17) is 4.74 Å². The van der Waals surface area contributed by atoms with Crippen LogP contribution in [-0.4, -0.2) is 25.8 Å². The first kappa shape index (κ1) is 11.8. The average Bonchev–Trinajstić information content (AvgIpc) is 2.18. The molecule has 0 amide bonds. The molecule has 1 aromatic rings. The molecule has 0 aliphatic heterocycles. The number of ether oxygens (including phenoxy) is 1. The molecule has 0 aliphatic rings. The maximum Gasteiger partial charge on any atom is 0.151 e. The minimum absolute atomic E-state index is 0.682. The van der Waals surface area contributed by atoms with Crippen molar-refractivity contribution in [2.45, 2.75) is 4.90 Å². The zero-order valence-electron chi connectivity index (χ0n) is 7.83. The van der Waals surface area contributed by atoms with E-state index in [1.165, 1.54) is 0 Å². The molecule has 0 bridgehead atoms. The Kier molecular flexibility index (Phi) is 5.22. The predicted molar refractivity (Wildman–Crippen MR) is 62.1 cm³/mol. The van der Waals surface area contributed by atoms with E-state index >= 15 is 0 Å². The van der Waals surface area contributed by atoms with Crippen molar-refractivity contribution >= 4 is 34.0 Å². The first-order valence-corrected chi connectivity index (χ1v) is 5.92. The number of thioether (sulfide) groups is 1. The molecule has 1 rings (SSSR count). The number of aldehydes is 1. The van der Waals surface area contributed by atoms with Crippen LogP contribution in [0.3, 0.4) is 0 Å². The zero-order valence-corrected chi connectivity index (χ0v) is 10.2. The summed E-state index contributed by atoms with van der Waals surface area (Å²) in [7, 11) is 1.69. The number of halogens is 1. The van der Waals surface area contributed by atoms with Gasteiger partial charge in [0.25, 0.3) is 0 Å². The molecule has 0 saturated heterocycles. The Morgan fingerprint density at radius 3 is 2.93 bits per heavy atom. The maximum absolute atomic E-state index is 10.5. The van der Waals surface area contributed by atoms with E-state index < -0.39 is 0 Å². The highest BCUT2D eigenvalue weighted by molar-refractivity contribution is 9.10. The fraction of sp³-hybridized carbons (Fsp3) is 0.300. The van der Waals surface area contributed by atoms with Crippen LogP contribution in [0.4, 0.5) is 0 Å². The summed E-state index contributed by atoms with van der Waals surface area (Å²) in [5, 5.41) is 0. The van der Waals surface area contributed by atoms with Gasteiger partial charge in [-0.15, -0.1) is 11.8 Å². The van der Waals surface area contributed by atoms with Gasteiger partial charge < -0.3 is 4.74 Å². The lowest BCUT2D eigenvalue weighted by Crippen LogP contribution is -1.91. The summed E-state index contributed by atoms with van der Waals surface area (Å²) in [5.74, 6) is 0.920. The second-order valence-corrected chi connectivity index (χ2v) is 4.67. The third kappa shape index (κ3) is 3.44. The zero-order chi connectivity index (χ0) is 10.4. The van der Waals surface area contributed by atoms with Crippen LogP contribution >= 0.6 is 27.7 Å². The summed E-state index contributed by atoms with van der Waals surface area (Å²) >= 11 is 5.05. The van der Waals surface area contributed by atoms with E-state index in [1.807, 2.05) is 18.2 Å². The number of hydrogen-bond donors (Lipinski definition) is 0. The summed E-state index contributed by atoms with van der Waals surface area (Å²) in [6.07, 6.45) is 0.841. The van der Waals surface area contributed by atoms with Crippen LogP contribution in [0.2, 0.25) is 0 Å². The van der Waals surface area contributed by atoms with E-state index in [1.54, 1.807) is 18.9 Å². The summed E-state index contributed by atoms with van der Waals surface area (Å²) in [6.45, 7) is 0.734. The fourth-order valence-electron chi connectivity index (χ4n) is 0.936. The van der Waals surface area contributed by atoms with Gasteiger partial charge >= 0.3 is 0 Å². The monoisotopic (exact) mass is 274 g/mol. The van der Waals surface area contributed by atoms with Gasteiger partial charge in [-0.05, 0) is 18.2 Å². The van der Waals surface area contributed by atoms with E-state index in [0.29, 0.717) is 5.56 Å². The standard InChI is InChI=1S/C10H11BrO2S/c1-13-4-5-14-9-3-2-8(7-12)10(11)6-9/h2-3,6-7H,4-5H2,1H3. The molecule has 0 aliphatic carbocycles. The highest BCUT2D eigenvalue weighted by Crippen LogP contribution is 2.24. The molecule has 0 atom stereocenters. The first-order valence-electron chi connectivity index (χ1n) is 4.14. The molecular formula is C10H11BrO2S. The Balaban J connectivity index is 2.62. The van der Waals surface area contributed by atoms with Crippen molar-refractivity contribution in [2.75, 3.05) is 19.5 Å². The third-order valence-electron chi connectivity index (χ3n) is 1.66. The largest absolute Gasteiger partial charge is 0.384 e. The Hall–Kier alpha value is -0.320. The molecule has 14 heavy (non-hydrogen) atoms. The van der Waals surface area contributed by atoms with Crippen molar-refractivity contribution in [3.8, 4) is 0 Å². The number of carbonyl (C=O) groups excluding carboxylic acids is 1. The molecule has 0 heterocycles. The van der Waals surface area contributed by atoms with Gasteiger partial charge in [0.05, 0.1) is 6.61 Å². The third-order valence-corrected chi connectivity index (χ3v) is 3.30. The SMILES string of the molecule is COCCSc1ccc(C=O)c(Br)c1. The Labute approximate surface area is 96.2 Å². The van der Waals surface area contributed by atoms with Gasteiger partial charge in [-0.25, -0.2) is 0 Å². The molecule has 0 N–H and O–H groups in total. The van der Waals surface area contributed by atoms with Crippen molar-refractivity contribution in [3.05, 3.63) is 28.2 Å². The second kappa shape index (κ2) is 6.22. The topological polar surface area (TPSA) is 26.3 Å². The van der Waals surface area contributed by atoms with Crippen LogP contribution in [-0.2, 0) is 4.74 Å². The number of rotatable bonds is 5. The van der Waals surface area contributed by atoms with E-state index in [0.717, 1.165) is 28.0 Å². The van der Waals surface area contributed by atoms with Crippen molar-refractivity contribution < 1.29 is 9.53 Å². The predicted octanol–water partition coefficient (Wildman–Crippen LogP) is 3.00. The van der Waals surface area contributed by atoms with E-state index in [-0.39, 0.29) is 0 Å². The summed E-state index contributed by atoms with van der Waals surface area (Å²) < 4.78 is 5.79. The van der Waals surface area contributed by atoms with Gasteiger partial charge in [-0.2, -0.15) is 0 Å². The lowest BCUT2D eigenvalue weighted by atomic mass is 10.2. The van der Waals surface area contributed by atoms with Gasteiger partial charge in [0.2, 0.25) is 0 Å². The van der Waals surface area contributed by atoms with Crippen LogP contribution in [0.15, 0.2) is 27.6 Å². The summed E-state index contributed by atoms with van der Waals surface area (Å²) in [4.78, 5) is 11.7. The first-order chi connectivity index (χ1) is 6.77. The van der Waals surface area contributed by atoms with E-state index in [2.05, 4.69) is 15.9 Å². The summed E-state index contributed by atoms with van der Waals surface area (Å²) in [6, 6.07) is 5.70. The van der Waals surface area contributed by atoms with Crippen LogP contribution in [0.25, 0.3) is 0 Å². The molecule has 0 fully saturated rings. The number of benzene rings is 1. The molecule has 0 unspecified atom stereocenters. The molecule has 1 aromatic carbocycles. The molecule has 0 aromatic heterocycles. The minimum atomic E-state index is 0.682. The maximum atomic E-state index is 10.5. The smallest absolute Gasteiger partial charge is 0.151 e. The Bertz CT molecular complexity index is 315. The Morgan fingerprint density at radius 2 is 2.36 bits per heavy atom. The quantitative estimate of drug-likeness (QED) is 0.469. The molecule has 0 spiro atoms. The summed E-state index contributed by atoms with van der Waals surface area (Å²) in [5.41, 5.74) is 0.682. The average molecular weight is 275 g/mol. The van der Waals surface area contributed by atoms with Crippen LogP contribution in [0, 0.1) is 0 Å². The van der Waals surface area contributed by atoms with Gasteiger partial charge in [-0.1, -0.05) is 15.9 Å². The molecule has 2 nitrogen and oxygen atoms in total. The van der Waals surface area contributed by atoms with Crippen molar-refractivity contribution in [1.29, 1.82) is 0 Å². The lowest BCUT2D eigenvalue weighted by molar-refractivity contribution is 0.112. The number of methoxy groups -OCH3 is 1. The number of carbonyl (C=O) groups is 1. The minimum Gasteiger partial charge on any atom is -0.384 e. The molecular weight excluding hydrogens is 264 g/mol. The highest BCUT2D eigenvalue weighted by Gasteiger charge is 2.00. The molecule has 0 radical (unpaired) electrons. The van der Waals surface area contributed by atoms with Crippen molar-refractivity contribution in [2.24, 2.45) is 0 Å². The second-order valence-electron chi connectivity index (χ2n) is 2.64. The van der Waals surface area contributed by atoms with Crippen LogP contribution in [0.1, 0.15) is 10.4 Å². The highest BCUT2D eigenvalue weighted by atomic mass is 79.9. The van der Waals surface area contributed by atoms with Gasteiger partial charge in [0.1, 0.15) is 0 Å². The number of hydrogen-bond acceptors (Lipinski definition) is 3. The molecule has 4 heteroatoms. The van der Waals surface area contributed by atoms with Gasteiger partial charge in [0.15, 0.2) is 6.29 Å². The Morgan fingerprint density at radius 1 is 1.57 bits per heavy atom. The fourth-order valence-corrected chi connectivity index (χ4v) is 2.41. The molecule has 0 saturated carbocycles. The lowest BCUT2D eigenvalue weighted by Gasteiger charge is -2.02.